The average Bonchev–Trinajstić information content (AvgIpc) is 3.65. The Morgan fingerprint density at radius 1 is 0.179 bits per heavy atom. The molecular weight excluding hydrogens is 1260 g/mol. The number of ether oxygens (including phenoxy) is 12. The van der Waals surface area contributed by atoms with Crippen LogP contribution in [0.3, 0.4) is 0 Å². The topological polar surface area (TPSA) is 393 Å². The first-order valence-corrected chi connectivity index (χ1v) is 33.6. The molecule has 0 amide bonds. The number of carbonyl (C=O) groups excluding carboxylic acids is 13. The summed E-state index contributed by atoms with van der Waals surface area (Å²) in [6, 6.07) is 0. The Morgan fingerprint density at radius 3 is 0.389 bits per heavy atom. The van der Waals surface area contributed by atoms with E-state index in [1.165, 1.54) is 0 Å². The molecule has 0 atom stereocenters. The number of hydrogen-bond donors (Lipinski definition) is 1. The fourth-order valence-corrected chi connectivity index (χ4v) is 8.10. The van der Waals surface area contributed by atoms with Crippen molar-refractivity contribution in [2.75, 3.05) is 79.3 Å². The van der Waals surface area contributed by atoms with Crippen molar-refractivity contribution in [3.05, 3.63) is 0 Å². The molecule has 0 fully saturated rings. The molecule has 0 heterocycles. The maximum atomic E-state index is 12.1. The number of rotatable bonds is 65. The number of unbranched alkanes of at least 4 members (excludes halogenated alkanes) is 13. The molecule has 0 aliphatic rings. The Balaban J connectivity index is 0. The van der Waals surface area contributed by atoms with Gasteiger partial charge in [0, 0.05) is 89.4 Å². The molecule has 538 valence electrons. The summed E-state index contributed by atoms with van der Waals surface area (Å²) in [5, 5.41) is 19.0. The minimum absolute atomic E-state index is 0. The van der Waals surface area contributed by atoms with E-state index < -0.39 is 59.7 Å². The molecule has 0 unspecified atom stereocenters. The summed E-state index contributed by atoms with van der Waals surface area (Å²) in [5.41, 5.74) is 0. The van der Waals surface area contributed by atoms with Crippen LogP contribution >= 0.6 is 0 Å². The van der Waals surface area contributed by atoms with Crippen molar-refractivity contribution in [1.29, 1.82) is 0 Å². The summed E-state index contributed by atoms with van der Waals surface area (Å²) >= 11 is 0. The summed E-state index contributed by atoms with van der Waals surface area (Å²) in [5.74, 6) is -6.78. The molecule has 1 N–H and O–H groups in total. The van der Waals surface area contributed by atoms with Gasteiger partial charge in [-0.3, -0.25) is 62.3 Å². The van der Waals surface area contributed by atoms with Crippen LogP contribution in [0.1, 0.15) is 257 Å². The number of aliphatic carboxylic acids is 2. The van der Waals surface area contributed by atoms with Crippen molar-refractivity contribution in [2.45, 2.75) is 257 Å². The second-order valence-corrected chi connectivity index (χ2v) is 22.1. The summed E-state index contributed by atoms with van der Waals surface area (Å²) in [6.07, 6.45) is 13.9. The Labute approximate surface area is 580 Å². The van der Waals surface area contributed by atoms with Gasteiger partial charge in [-0.05, 0) is 173 Å². The fraction of sp³-hybridized carbons (Fsp3) is 0.788. The van der Waals surface area contributed by atoms with Gasteiger partial charge in [-0.15, -0.1) is 0 Å². The van der Waals surface area contributed by atoms with Crippen LogP contribution < -0.4 is 34.7 Å². The zero-order chi connectivity index (χ0) is 69.3. The molecule has 0 spiro atoms. The van der Waals surface area contributed by atoms with E-state index in [4.69, 9.17) is 61.9 Å². The number of esters is 12. The first kappa shape index (κ1) is 90.6. The van der Waals surface area contributed by atoms with Crippen LogP contribution in [0.5, 0.6) is 0 Å². The number of carboxylic acids is 2. The molecule has 0 saturated carbocycles. The van der Waals surface area contributed by atoms with Gasteiger partial charge in [-0.1, -0.05) is 0 Å². The van der Waals surface area contributed by atoms with Crippen molar-refractivity contribution < 1.29 is 164 Å². The predicted octanol–water partition coefficient (Wildman–Crippen LogP) is 4.95. The molecule has 0 radical (unpaired) electrons. The Morgan fingerprint density at radius 2 is 0.284 bits per heavy atom. The maximum Gasteiger partial charge on any atom is 1.00 e. The van der Waals surface area contributed by atoms with Crippen LogP contribution in [0, 0.1) is 0 Å². The summed E-state index contributed by atoms with van der Waals surface area (Å²) in [4.78, 5) is 164. The largest absolute Gasteiger partial charge is 1.00 e. The quantitative estimate of drug-likeness (QED) is 0.0364. The molecule has 0 bridgehead atoms. The zero-order valence-electron chi connectivity index (χ0n) is 56.2. The van der Waals surface area contributed by atoms with Gasteiger partial charge >= 0.3 is 107 Å². The Kier molecular flexibility index (Phi) is 63.2. The summed E-state index contributed by atoms with van der Waals surface area (Å²) < 4.78 is 62.0. The average molecular weight is 1370 g/mol. The zero-order valence-corrected chi connectivity index (χ0v) is 58.2. The molecule has 0 rings (SSSR count). The normalized spacial score (nSPS) is 10.6. The minimum atomic E-state index is -1.15. The first-order chi connectivity index (χ1) is 45.4. The van der Waals surface area contributed by atoms with Crippen molar-refractivity contribution in [2.24, 2.45) is 0 Å². The standard InChI is InChI=1S/C66H106O28.Na/c67-53(68)27-1-3-29-55(71)83-41-15-17-43-85-57(73)31-5-7-33-59(75)87-45-19-21-47-89-61(77)35-9-11-37-63(79)91-49-23-25-51-93-65(81)39-13-14-40-66(82)94-52-26-24-50-92-64(80)38-12-10-36-62(78)90-48-22-20-46-88-60(76)34-8-6-32-58(74)86-44-18-16-42-84-56(72)30-4-2-28-54(69)70;/h1-52H2,(H,67,68)(H,69,70);/q;+1/p-1. The smallest absolute Gasteiger partial charge is 0.550 e. The molecule has 0 aromatic rings. The molecule has 0 aromatic carbocycles. The molecule has 0 aliphatic carbocycles. The van der Waals surface area contributed by atoms with E-state index in [2.05, 4.69) is 0 Å². The van der Waals surface area contributed by atoms with E-state index in [0.29, 0.717) is 167 Å². The van der Waals surface area contributed by atoms with Gasteiger partial charge in [-0.2, -0.15) is 0 Å². The molecule has 28 nitrogen and oxygen atoms in total. The van der Waals surface area contributed by atoms with Crippen molar-refractivity contribution in [3.8, 4) is 0 Å². The van der Waals surface area contributed by atoms with E-state index in [9.17, 15) is 72.2 Å². The third-order valence-corrected chi connectivity index (χ3v) is 13.5. The van der Waals surface area contributed by atoms with E-state index in [-0.39, 0.29) is 223 Å². The Bertz CT molecular complexity index is 2020. The molecule has 0 aliphatic heterocycles. The van der Waals surface area contributed by atoms with Gasteiger partial charge in [0.2, 0.25) is 0 Å². The van der Waals surface area contributed by atoms with Crippen LogP contribution in [-0.4, -0.2) is 168 Å². The molecule has 29 heteroatoms. The van der Waals surface area contributed by atoms with Crippen molar-refractivity contribution in [3.63, 3.8) is 0 Å². The van der Waals surface area contributed by atoms with E-state index in [1.807, 2.05) is 0 Å². The Hall–Kier alpha value is -6.42. The van der Waals surface area contributed by atoms with Gasteiger partial charge < -0.3 is 71.8 Å². The van der Waals surface area contributed by atoms with Gasteiger partial charge in [0.05, 0.1) is 79.3 Å². The van der Waals surface area contributed by atoms with Crippen LogP contribution in [0.15, 0.2) is 0 Å². The monoisotopic (exact) mass is 1370 g/mol. The van der Waals surface area contributed by atoms with Crippen LogP contribution in [-0.2, 0) is 124 Å². The minimum Gasteiger partial charge on any atom is -0.550 e. The third kappa shape index (κ3) is 68.8. The fourth-order valence-electron chi connectivity index (χ4n) is 8.10. The second kappa shape index (κ2) is 66.2. The molecule has 0 aromatic heterocycles. The first-order valence-electron chi connectivity index (χ1n) is 33.6. The SMILES string of the molecule is O=C([O-])CCCCC(=O)OCCCCOC(=O)CCCCC(=O)OCCCCOC(=O)CCCCC(=O)OCCCCOC(=O)CCCCC(=O)OCCCCOC(=O)CCCCC(=O)OCCCCOC(=O)CCCCC(=O)OCCCCOC(=O)CCCCC(=O)O.[Na+]. The summed E-state index contributed by atoms with van der Waals surface area (Å²) in [6.45, 7) is 2.08. The third-order valence-electron chi connectivity index (χ3n) is 13.5. The van der Waals surface area contributed by atoms with E-state index in [1.54, 1.807) is 0 Å². The number of hydrogen-bond acceptors (Lipinski definition) is 27. The van der Waals surface area contributed by atoms with Crippen LogP contribution in [0.25, 0.3) is 0 Å². The second-order valence-electron chi connectivity index (χ2n) is 22.1. The number of carboxylic acid groups (broad SMARTS) is 2. The van der Waals surface area contributed by atoms with Crippen LogP contribution in [0.4, 0.5) is 0 Å². The van der Waals surface area contributed by atoms with Crippen molar-refractivity contribution >= 4 is 83.6 Å². The summed E-state index contributed by atoms with van der Waals surface area (Å²) in [7, 11) is 0. The van der Waals surface area contributed by atoms with Crippen LogP contribution in [0.2, 0.25) is 0 Å². The van der Waals surface area contributed by atoms with Gasteiger partial charge in [0.25, 0.3) is 0 Å². The number of carbonyl (C=O) groups is 14. The van der Waals surface area contributed by atoms with E-state index in [0.717, 1.165) is 0 Å². The molecule has 95 heavy (non-hydrogen) atoms. The van der Waals surface area contributed by atoms with Gasteiger partial charge in [-0.25, -0.2) is 0 Å². The predicted molar refractivity (Wildman–Crippen MR) is 329 cm³/mol. The maximum absolute atomic E-state index is 12.1. The van der Waals surface area contributed by atoms with E-state index >= 15 is 0 Å². The van der Waals surface area contributed by atoms with Crippen molar-refractivity contribution in [1.82, 2.24) is 0 Å². The molecular formula is C66H105NaO28. The van der Waals surface area contributed by atoms with Gasteiger partial charge in [0.15, 0.2) is 0 Å². The molecule has 0 saturated heterocycles. The van der Waals surface area contributed by atoms with Gasteiger partial charge in [0.1, 0.15) is 0 Å².